The Morgan fingerprint density at radius 3 is 1.94 bits per heavy atom. The standard InChI is InChI=1S/C10H20N2O4/c1-5(2)8(10(15)16)12(4)9(14)7(11)6(3)13/h5-8,13H,11H2,1-4H3,(H,15,16)/t6-,7+,8+/m1/s1. The fourth-order valence-corrected chi connectivity index (χ4v) is 1.48. The monoisotopic (exact) mass is 232 g/mol. The highest BCUT2D eigenvalue weighted by Crippen LogP contribution is 2.11. The molecule has 3 atom stereocenters. The molecule has 6 nitrogen and oxygen atoms in total. The molecule has 0 rings (SSSR count). The third-order valence-corrected chi connectivity index (χ3v) is 2.45. The summed E-state index contributed by atoms with van der Waals surface area (Å²) in [6, 6.07) is -2.03. The quantitative estimate of drug-likeness (QED) is 0.579. The number of hydrogen-bond donors (Lipinski definition) is 3. The van der Waals surface area contributed by atoms with Crippen LogP contribution in [0.25, 0.3) is 0 Å². The van der Waals surface area contributed by atoms with Crippen LogP contribution in [0.2, 0.25) is 0 Å². The van der Waals surface area contributed by atoms with Crippen molar-refractivity contribution >= 4 is 11.9 Å². The molecule has 0 saturated heterocycles. The summed E-state index contributed by atoms with van der Waals surface area (Å²) in [6.07, 6.45) is -1.00. The Hall–Kier alpha value is -1.14. The molecular formula is C10H20N2O4. The minimum Gasteiger partial charge on any atom is -0.480 e. The smallest absolute Gasteiger partial charge is 0.326 e. The molecule has 0 aromatic rings. The molecule has 0 heterocycles. The van der Waals surface area contributed by atoms with Crippen LogP contribution in [-0.4, -0.2) is 52.2 Å². The van der Waals surface area contributed by atoms with Gasteiger partial charge in [-0.25, -0.2) is 4.79 Å². The molecule has 4 N–H and O–H groups in total. The van der Waals surface area contributed by atoms with Crippen molar-refractivity contribution in [2.45, 2.75) is 39.0 Å². The molecule has 0 spiro atoms. The number of aliphatic hydroxyl groups excluding tert-OH is 1. The number of nitrogens with two attached hydrogens (primary N) is 1. The summed E-state index contributed by atoms with van der Waals surface area (Å²) in [5.74, 6) is -1.88. The lowest BCUT2D eigenvalue weighted by atomic mass is 10.0. The minimum absolute atomic E-state index is 0.229. The van der Waals surface area contributed by atoms with Crippen molar-refractivity contribution in [3.05, 3.63) is 0 Å². The molecule has 0 fully saturated rings. The Labute approximate surface area is 95.0 Å². The Kier molecular flexibility index (Phi) is 5.40. The van der Waals surface area contributed by atoms with Gasteiger partial charge >= 0.3 is 5.97 Å². The van der Waals surface area contributed by atoms with Gasteiger partial charge in [0.25, 0.3) is 0 Å². The van der Waals surface area contributed by atoms with Gasteiger partial charge < -0.3 is 20.8 Å². The van der Waals surface area contributed by atoms with E-state index in [1.807, 2.05) is 0 Å². The molecule has 0 aromatic carbocycles. The van der Waals surface area contributed by atoms with Crippen LogP contribution in [0.3, 0.4) is 0 Å². The van der Waals surface area contributed by atoms with Gasteiger partial charge in [-0.2, -0.15) is 0 Å². The topological polar surface area (TPSA) is 104 Å². The fourth-order valence-electron chi connectivity index (χ4n) is 1.48. The molecule has 0 aliphatic heterocycles. The maximum atomic E-state index is 11.7. The number of carboxylic acid groups (broad SMARTS) is 1. The summed E-state index contributed by atoms with van der Waals surface area (Å²) in [7, 11) is 1.38. The average molecular weight is 232 g/mol. The van der Waals surface area contributed by atoms with Crippen molar-refractivity contribution in [3.63, 3.8) is 0 Å². The zero-order valence-electron chi connectivity index (χ0n) is 10.0. The molecule has 16 heavy (non-hydrogen) atoms. The molecule has 0 aliphatic rings. The highest BCUT2D eigenvalue weighted by molar-refractivity contribution is 5.87. The van der Waals surface area contributed by atoms with Crippen molar-refractivity contribution in [2.75, 3.05) is 7.05 Å². The number of aliphatic carboxylic acids is 1. The van der Waals surface area contributed by atoms with E-state index in [1.54, 1.807) is 13.8 Å². The highest BCUT2D eigenvalue weighted by Gasteiger charge is 2.33. The lowest BCUT2D eigenvalue weighted by molar-refractivity contribution is -0.152. The van der Waals surface area contributed by atoms with Crippen LogP contribution < -0.4 is 5.73 Å². The summed E-state index contributed by atoms with van der Waals surface area (Å²) in [4.78, 5) is 23.8. The molecule has 1 amide bonds. The van der Waals surface area contributed by atoms with E-state index < -0.39 is 30.1 Å². The SMILES string of the molecule is CC(C)[C@@H](C(=O)O)N(C)C(=O)[C@@H](N)[C@@H](C)O. The van der Waals surface area contributed by atoms with Crippen molar-refractivity contribution in [2.24, 2.45) is 11.7 Å². The highest BCUT2D eigenvalue weighted by atomic mass is 16.4. The number of amides is 1. The van der Waals surface area contributed by atoms with E-state index in [9.17, 15) is 14.7 Å². The minimum atomic E-state index is -1.09. The normalized spacial score (nSPS) is 16.7. The molecule has 94 valence electrons. The van der Waals surface area contributed by atoms with Crippen molar-refractivity contribution in [1.82, 2.24) is 4.90 Å². The largest absolute Gasteiger partial charge is 0.480 e. The van der Waals surface area contributed by atoms with Crippen LogP contribution >= 0.6 is 0 Å². The molecule has 0 bridgehead atoms. The van der Waals surface area contributed by atoms with Crippen molar-refractivity contribution < 1.29 is 19.8 Å². The number of carbonyl (C=O) groups excluding carboxylic acids is 1. The zero-order chi connectivity index (χ0) is 13.0. The van der Waals surface area contributed by atoms with Gasteiger partial charge in [0.15, 0.2) is 0 Å². The number of aliphatic hydroxyl groups is 1. The Bertz CT molecular complexity index is 266. The Morgan fingerprint density at radius 1 is 1.25 bits per heavy atom. The maximum absolute atomic E-state index is 11.7. The molecular weight excluding hydrogens is 212 g/mol. The van der Waals surface area contributed by atoms with E-state index in [2.05, 4.69) is 0 Å². The summed E-state index contributed by atoms with van der Waals surface area (Å²) in [6.45, 7) is 4.80. The molecule has 0 saturated carbocycles. The van der Waals surface area contributed by atoms with Gasteiger partial charge in [-0.3, -0.25) is 4.79 Å². The van der Waals surface area contributed by atoms with Crippen molar-refractivity contribution in [3.8, 4) is 0 Å². The number of likely N-dealkylation sites (N-methyl/N-ethyl adjacent to an activating group) is 1. The lowest BCUT2D eigenvalue weighted by Gasteiger charge is -2.30. The van der Waals surface area contributed by atoms with Crippen LogP contribution in [0.15, 0.2) is 0 Å². The van der Waals surface area contributed by atoms with Gasteiger partial charge in [-0.15, -0.1) is 0 Å². The van der Waals surface area contributed by atoms with Crippen LogP contribution in [0.4, 0.5) is 0 Å². The number of nitrogens with zero attached hydrogens (tertiary/aromatic N) is 1. The maximum Gasteiger partial charge on any atom is 0.326 e. The summed E-state index contributed by atoms with van der Waals surface area (Å²) in [5, 5.41) is 18.2. The first kappa shape index (κ1) is 14.9. The molecule has 6 heteroatoms. The number of hydrogen-bond acceptors (Lipinski definition) is 4. The second kappa shape index (κ2) is 5.81. The fraction of sp³-hybridized carbons (Fsp3) is 0.800. The molecule has 0 radical (unpaired) electrons. The van der Waals surface area contributed by atoms with Gasteiger partial charge in [0.1, 0.15) is 12.1 Å². The molecule has 0 unspecified atom stereocenters. The predicted molar refractivity (Wildman–Crippen MR) is 58.7 cm³/mol. The first-order valence-corrected chi connectivity index (χ1v) is 5.13. The number of carboxylic acids is 1. The van der Waals surface area contributed by atoms with E-state index in [0.717, 1.165) is 4.90 Å². The summed E-state index contributed by atoms with van der Waals surface area (Å²) < 4.78 is 0. The molecule has 0 aliphatic carbocycles. The van der Waals surface area contributed by atoms with Gasteiger partial charge in [0, 0.05) is 7.05 Å². The second-order valence-electron chi connectivity index (χ2n) is 4.24. The van der Waals surface area contributed by atoms with Crippen molar-refractivity contribution in [1.29, 1.82) is 0 Å². The van der Waals surface area contributed by atoms with Crippen LogP contribution in [0, 0.1) is 5.92 Å². The number of rotatable bonds is 5. The number of carbonyl (C=O) groups is 2. The van der Waals surface area contributed by atoms with Gasteiger partial charge in [-0.05, 0) is 12.8 Å². The Morgan fingerprint density at radius 2 is 1.69 bits per heavy atom. The van der Waals surface area contributed by atoms with E-state index in [4.69, 9.17) is 10.8 Å². The van der Waals surface area contributed by atoms with Crippen LogP contribution in [0.5, 0.6) is 0 Å². The average Bonchev–Trinajstić information content (AvgIpc) is 2.13. The second-order valence-corrected chi connectivity index (χ2v) is 4.24. The predicted octanol–water partition coefficient (Wildman–Crippen LogP) is -0.738. The van der Waals surface area contributed by atoms with E-state index in [-0.39, 0.29) is 5.92 Å². The third kappa shape index (κ3) is 3.46. The van der Waals surface area contributed by atoms with E-state index in [0.29, 0.717) is 0 Å². The summed E-state index contributed by atoms with van der Waals surface area (Å²) in [5.41, 5.74) is 5.46. The van der Waals surface area contributed by atoms with Gasteiger partial charge in [0.05, 0.1) is 6.10 Å². The van der Waals surface area contributed by atoms with E-state index >= 15 is 0 Å². The van der Waals surface area contributed by atoms with Crippen LogP contribution in [0.1, 0.15) is 20.8 Å². The zero-order valence-corrected chi connectivity index (χ0v) is 10.0. The summed E-state index contributed by atoms with van der Waals surface area (Å²) >= 11 is 0. The van der Waals surface area contributed by atoms with E-state index in [1.165, 1.54) is 14.0 Å². The lowest BCUT2D eigenvalue weighted by Crippen LogP contribution is -2.54. The van der Waals surface area contributed by atoms with Gasteiger partial charge in [0.2, 0.25) is 5.91 Å². The van der Waals surface area contributed by atoms with Crippen LogP contribution in [-0.2, 0) is 9.59 Å². The Balaban J connectivity index is 4.81. The first-order valence-electron chi connectivity index (χ1n) is 5.13. The van der Waals surface area contributed by atoms with Gasteiger partial charge in [-0.1, -0.05) is 13.8 Å². The first-order chi connectivity index (χ1) is 7.20. The third-order valence-electron chi connectivity index (χ3n) is 2.45. The molecule has 0 aromatic heterocycles.